The minimum atomic E-state index is -0.544. The van der Waals surface area contributed by atoms with Gasteiger partial charge in [0.1, 0.15) is 18.3 Å². The van der Waals surface area contributed by atoms with Crippen LogP contribution in [0, 0.1) is 5.82 Å². The van der Waals surface area contributed by atoms with Crippen LogP contribution in [0.2, 0.25) is 0 Å². The number of nitrogens with zero attached hydrogens (tertiary/aromatic N) is 4. The van der Waals surface area contributed by atoms with E-state index in [-0.39, 0.29) is 19.0 Å². The van der Waals surface area contributed by atoms with Crippen molar-refractivity contribution in [1.82, 2.24) is 10.3 Å². The van der Waals surface area contributed by atoms with E-state index in [1.54, 1.807) is 23.4 Å². The van der Waals surface area contributed by atoms with Crippen LogP contribution in [0.1, 0.15) is 19.8 Å². The van der Waals surface area contributed by atoms with E-state index in [2.05, 4.69) is 15.4 Å². The number of anilines is 2. The molecule has 4 rings (SSSR count). The summed E-state index contributed by atoms with van der Waals surface area (Å²) in [5, 5.41) is 9.07. The smallest absolute Gasteiger partial charge is 0.414 e. The fourth-order valence-corrected chi connectivity index (χ4v) is 3.28. The van der Waals surface area contributed by atoms with Gasteiger partial charge in [0, 0.05) is 19.5 Å². The number of nitrogens with one attached hydrogen (secondary N) is 1. The zero-order valence-corrected chi connectivity index (χ0v) is 15.1. The molecule has 0 radical (unpaired) electrons. The van der Waals surface area contributed by atoms with Gasteiger partial charge in [0.2, 0.25) is 5.91 Å². The number of amides is 2. The van der Waals surface area contributed by atoms with Crippen molar-refractivity contribution < 1.29 is 18.7 Å². The molecule has 1 atom stereocenters. The van der Waals surface area contributed by atoms with Gasteiger partial charge in [0.05, 0.1) is 31.0 Å². The van der Waals surface area contributed by atoms with E-state index in [9.17, 15) is 14.0 Å². The Kier molecular flexibility index (Phi) is 4.59. The Morgan fingerprint density at radius 2 is 2.19 bits per heavy atom. The van der Waals surface area contributed by atoms with Gasteiger partial charge in [-0.3, -0.25) is 14.7 Å². The zero-order valence-electron chi connectivity index (χ0n) is 15.1. The number of carbonyl (C=O) groups excluding carboxylic acids is 2. The number of hydrogen-bond acceptors (Lipinski definition) is 6. The van der Waals surface area contributed by atoms with E-state index >= 15 is 0 Å². The number of benzene rings is 1. The van der Waals surface area contributed by atoms with Crippen LogP contribution in [0.3, 0.4) is 0 Å². The molecule has 27 heavy (non-hydrogen) atoms. The molecule has 1 saturated heterocycles. The summed E-state index contributed by atoms with van der Waals surface area (Å²) in [6, 6.07) is 5.22. The molecule has 8 nitrogen and oxygen atoms in total. The maximum absolute atomic E-state index is 14.7. The van der Waals surface area contributed by atoms with Crippen molar-refractivity contribution in [1.29, 1.82) is 0 Å². The van der Waals surface area contributed by atoms with Crippen molar-refractivity contribution >= 4 is 29.7 Å². The molecular weight excluding hydrogens is 353 g/mol. The Morgan fingerprint density at radius 3 is 2.81 bits per heavy atom. The third-order valence-electron chi connectivity index (χ3n) is 4.88. The second-order valence-corrected chi connectivity index (χ2v) is 7.01. The summed E-state index contributed by atoms with van der Waals surface area (Å²) in [6.07, 6.45) is 3.02. The molecular formula is C18H22FN5O3. The highest BCUT2D eigenvalue weighted by molar-refractivity contribution is 5.90. The molecule has 144 valence electrons. The predicted octanol–water partition coefficient (Wildman–Crippen LogP) is 1.51. The molecule has 1 aromatic carbocycles. The molecule has 1 aromatic rings. The summed E-state index contributed by atoms with van der Waals surface area (Å²) >= 11 is 0. The van der Waals surface area contributed by atoms with Gasteiger partial charge in [-0.15, -0.1) is 0 Å². The van der Waals surface area contributed by atoms with E-state index in [1.807, 2.05) is 0 Å². The fraction of sp³-hybridized carbons (Fsp3) is 0.500. The molecule has 1 unspecified atom stereocenters. The number of hydrogen-bond donors (Lipinski definition) is 1. The lowest BCUT2D eigenvalue weighted by Gasteiger charge is -2.30. The number of ether oxygens (including phenoxy) is 1. The van der Waals surface area contributed by atoms with Crippen LogP contribution in [0.25, 0.3) is 0 Å². The lowest BCUT2D eigenvalue weighted by Crippen LogP contribution is -2.39. The fourth-order valence-electron chi connectivity index (χ4n) is 3.28. The average molecular weight is 375 g/mol. The lowest BCUT2D eigenvalue weighted by molar-refractivity contribution is -0.119. The molecule has 0 spiro atoms. The first-order valence-electron chi connectivity index (χ1n) is 9.11. The normalized spacial score (nSPS) is 22.2. The number of rotatable bonds is 5. The van der Waals surface area contributed by atoms with E-state index in [1.165, 1.54) is 30.7 Å². The number of hydrazone groups is 1. The quantitative estimate of drug-likeness (QED) is 0.844. The maximum Gasteiger partial charge on any atom is 0.414 e. The highest BCUT2D eigenvalue weighted by Gasteiger charge is 2.33. The molecule has 9 heteroatoms. The summed E-state index contributed by atoms with van der Waals surface area (Å²) in [7, 11) is 0. The van der Waals surface area contributed by atoms with Crippen molar-refractivity contribution in [3.8, 4) is 0 Å². The van der Waals surface area contributed by atoms with E-state index < -0.39 is 18.0 Å². The van der Waals surface area contributed by atoms with Crippen molar-refractivity contribution in [2.24, 2.45) is 5.10 Å². The van der Waals surface area contributed by atoms with Gasteiger partial charge >= 0.3 is 6.09 Å². The molecule has 0 bridgehead atoms. The third-order valence-corrected chi connectivity index (χ3v) is 4.88. The molecule has 0 aromatic heterocycles. The third kappa shape index (κ3) is 3.81. The Hall–Kier alpha value is -2.84. The van der Waals surface area contributed by atoms with E-state index in [0.29, 0.717) is 24.0 Å². The molecule has 2 amide bonds. The predicted molar refractivity (Wildman–Crippen MR) is 98.3 cm³/mol. The first-order valence-corrected chi connectivity index (χ1v) is 9.11. The van der Waals surface area contributed by atoms with E-state index in [4.69, 9.17) is 4.74 Å². The number of carbonyl (C=O) groups is 2. The van der Waals surface area contributed by atoms with Gasteiger partial charge in [0.25, 0.3) is 0 Å². The first-order chi connectivity index (χ1) is 13.0. The van der Waals surface area contributed by atoms with E-state index in [0.717, 1.165) is 6.54 Å². The SMILES string of the molecule is CC(=O)NCC1CN(c2ccc(N3C=NN(C4CC4)CC3)c(F)c2)C(=O)O1. The molecule has 2 aliphatic heterocycles. The van der Waals surface area contributed by atoms with Crippen LogP contribution in [0.15, 0.2) is 23.3 Å². The maximum atomic E-state index is 14.7. The largest absolute Gasteiger partial charge is 0.442 e. The van der Waals surface area contributed by atoms with Crippen molar-refractivity contribution in [3.05, 3.63) is 24.0 Å². The van der Waals surface area contributed by atoms with Crippen molar-refractivity contribution in [2.75, 3.05) is 36.0 Å². The van der Waals surface area contributed by atoms with Gasteiger partial charge in [0.15, 0.2) is 0 Å². The second kappa shape index (κ2) is 7.05. The molecule has 3 aliphatic rings. The Balaban J connectivity index is 1.43. The topological polar surface area (TPSA) is 77.5 Å². The standard InChI is InChI=1S/C18H22FN5O3/c1-12(25)20-9-15-10-23(18(26)27-15)14-4-5-17(16(19)8-14)22-6-7-24(21-11-22)13-2-3-13/h4-5,8,11,13,15H,2-3,6-7,9-10H2,1H3,(H,20,25). The van der Waals surface area contributed by atoms with Crippen LogP contribution in [0.4, 0.5) is 20.6 Å². The number of halogens is 1. The van der Waals surface area contributed by atoms with Crippen LogP contribution in [0.5, 0.6) is 0 Å². The number of cyclic esters (lactones) is 1. The molecule has 2 fully saturated rings. The Morgan fingerprint density at radius 1 is 1.37 bits per heavy atom. The first kappa shape index (κ1) is 17.6. The Bertz CT molecular complexity index is 782. The van der Waals surface area contributed by atoms with Crippen LogP contribution in [-0.2, 0) is 9.53 Å². The highest BCUT2D eigenvalue weighted by Crippen LogP contribution is 2.30. The lowest BCUT2D eigenvalue weighted by atomic mass is 10.2. The average Bonchev–Trinajstić information content (AvgIpc) is 3.43. The van der Waals surface area contributed by atoms with Gasteiger partial charge < -0.3 is 15.0 Å². The van der Waals surface area contributed by atoms with Gasteiger partial charge in [-0.05, 0) is 31.0 Å². The summed E-state index contributed by atoms with van der Waals surface area (Å²) in [5.41, 5.74) is 0.862. The minimum absolute atomic E-state index is 0.191. The van der Waals surface area contributed by atoms with Crippen LogP contribution in [-0.4, -0.2) is 61.7 Å². The molecule has 1 N–H and O–H groups in total. The van der Waals surface area contributed by atoms with Crippen molar-refractivity contribution in [3.63, 3.8) is 0 Å². The van der Waals surface area contributed by atoms with Crippen LogP contribution >= 0.6 is 0 Å². The van der Waals surface area contributed by atoms with Gasteiger partial charge in [-0.25, -0.2) is 9.18 Å². The summed E-state index contributed by atoms with van der Waals surface area (Å²) in [4.78, 5) is 26.2. The van der Waals surface area contributed by atoms with Crippen molar-refractivity contribution in [2.45, 2.75) is 31.9 Å². The Labute approximate surface area is 156 Å². The molecule has 1 saturated carbocycles. The molecule has 2 heterocycles. The van der Waals surface area contributed by atoms with Gasteiger partial charge in [-0.1, -0.05) is 0 Å². The zero-order chi connectivity index (χ0) is 19.0. The minimum Gasteiger partial charge on any atom is -0.442 e. The van der Waals surface area contributed by atoms with Crippen LogP contribution < -0.4 is 15.1 Å². The van der Waals surface area contributed by atoms with Gasteiger partial charge in [-0.2, -0.15) is 5.10 Å². The summed E-state index contributed by atoms with van der Waals surface area (Å²) < 4.78 is 19.9. The molecule has 1 aliphatic carbocycles. The monoisotopic (exact) mass is 375 g/mol. The second-order valence-electron chi connectivity index (χ2n) is 7.01. The summed E-state index contributed by atoms with van der Waals surface area (Å²) in [5.74, 6) is -0.611. The highest BCUT2D eigenvalue weighted by atomic mass is 19.1. The summed E-state index contributed by atoms with van der Waals surface area (Å²) in [6.45, 7) is 3.34.